The lowest BCUT2D eigenvalue weighted by molar-refractivity contribution is -0.121. The summed E-state index contributed by atoms with van der Waals surface area (Å²) in [5.41, 5.74) is 8.22. The van der Waals surface area contributed by atoms with E-state index in [4.69, 9.17) is 15.9 Å². The number of nitrogen functional groups attached to an aromatic ring is 1. The van der Waals surface area contributed by atoms with Gasteiger partial charge in [0.25, 0.3) is 11.5 Å². The number of rotatable bonds is 13. The summed E-state index contributed by atoms with van der Waals surface area (Å²) < 4.78 is 6.39. The molecule has 50 heavy (non-hydrogen) atoms. The molecule has 0 radical (unpaired) electrons. The van der Waals surface area contributed by atoms with Gasteiger partial charge in [-0.05, 0) is 68.7 Å². The number of nitrogens with zero attached hydrogens (tertiary/aromatic N) is 2. The Labute approximate surface area is 289 Å². The molecule has 1 atom stereocenters. The molecule has 262 valence electrons. The highest BCUT2D eigenvalue weighted by atomic mass is 16.5. The highest BCUT2D eigenvalue weighted by molar-refractivity contribution is 6.06. The number of phenolic OH excluding ortho intramolecular Hbond substituents is 1. The molecule has 8 N–H and O–H groups in total. The molecule has 0 bridgehead atoms. The number of phenols is 1. The van der Waals surface area contributed by atoms with Gasteiger partial charge in [-0.15, -0.1) is 0 Å². The Kier molecular flexibility index (Phi) is 12.3. The molecule has 4 aromatic rings. The molecule has 1 aromatic heterocycles. The maximum Gasteiger partial charge on any atom is 0.413 e. The second-order valence-electron chi connectivity index (χ2n) is 12.0. The fourth-order valence-electron chi connectivity index (χ4n) is 4.81. The van der Waals surface area contributed by atoms with E-state index in [0.29, 0.717) is 22.4 Å². The van der Waals surface area contributed by atoms with Gasteiger partial charge in [0, 0.05) is 35.4 Å². The third kappa shape index (κ3) is 9.92. The van der Waals surface area contributed by atoms with Gasteiger partial charge in [-0.25, -0.2) is 9.78 Å². The van der Waals surface area contributed by atoms with Crippen LogP contribution in [-0.2, 0) is 29.2 Å². The largest absolute Gasteiger partial charge is 0.507 e. The van der Waals surface area contributed by atoms with Crippen LogP contribution >= 0.6 is 0 Å². The quantitative estimate of drug-likeness (QED) is 0.0613. The zero-order chi connectivity index (χ0) is 36.4. The zero-order valence-electron chi connectivity index (χ0n) is 28.4. The Morgan fingerprint density at radius 1 is 1.02 bits per heavy atom. The van der Waals surface area contributed by atoms with Crippen LogP contribution in [0.5, 0.6) is 5.75 Å². The van der Waals surface area contributed by atoms with Gasteiger partial charge >= 0.3 is 6.09 Å². The van der Waals surface area contributed by atoms with Crippen molar-refractivity contribution in [3.63, 3.8) is 0 Å². The second-order valence-corrected chi connectivity index (χ2v) is 12.0. The smallest absolute Gasteiger partial charge is 0.413 e. The van der Waals surface area contributed by atoms with E-state index < -0.39 is 24.1 Å². The van der Waals surface area contributed by atoms with Gasteiger partial charge < -0.3 is 31.5 Å². The summed E-state index contributed by atoms with van der Waals surface area (Å²) >= 11 is 0. The van der Waals surface area contributed by atoms with E-state index in [0.717, 1.165) is 12.0 Å². The molecule has 0 spiro atoms. The molecule has 0 fully saturated rings. The van der Waals surface area contributed by atoms with Crippen molar-refractivity contribution in [1.29, 1.82) is 5.41 Å². The normalized spacial score (nSPS) is 11.4. The minimum Gasteiger partial charge on any atom is -0.507 e. The molecule has 3 aromatic carbocycles. The van der Waals surface area contributed by atoms with E-state index in [1.54, 1.807) is 30.3 Å². The van der Waals surface area contributed by atoms with Crippen molar-refractivity contribution < 1.29 is 24.2 Å². The number of carbonyl (C=O) groups is 3. The molecule has 0 aliphatic carbocycles. The molecular weight excluding hydrogens is 640 g/mol. The van der Waals surface area contributed by atoms with Crippen molar-refractivity contribution in [2.75, 3.05) is 11.1 Å². The van der Waals surface area contributed by atoms with Crippen LogP contribution in [0.1, 0.15) is 61.2 Å². The second kappa shape index (κ2) is 16.8. The Morgan fingerprint density at radius 3 is 2.44 bits per heavy atom. The van der Waals surface area contributed by atoms with E-state index in [1.165, 1.54) is 29.0 Å². The summed E-state index contributed by atoms with van der Waals surface area (Å²) in [4.78, 5) is 56.2. The first-order valence-corrected chi connectivity index (χ1v) is 16.1. The topological polar surface area (TPSA) is 214 Å². The number of alkyl carbamates (subject to hydrolysis) is 1. The van der Waals surface area contributed by atoms with Crippen LogP contribution in [0.4, 0.5) is 16.3 Å². The summed E-state index contributed by atoms with van der Waals surface area (Å²) in [5, 5.41) is 29.7. The molecule has 14 nitrogen and oxygen atoms in total. The lowest BCUT2D eigenvalue weighted by Gasteiger charge is -2.17. The number of anilines is 2. The van der Waals surface area contributed by atoms with Crippen molar-refractivity contribution >= 4 is 35.2 Å². The number of nitrogens with two attached hydrogens (primary N) is 1. The van der Waals surface area contributed by atoms with E-state index in [-0.39, 0.29) is 59.8 Å². The van der Waals surface area contributed by atoms with E-state index in [9.17, 15) is 24.3 Å². The lowest BCUT2D eigenvalue weighted by atomic mass is 10.1. The van der Waals surface area contributed by atoms with E-state index >= 15 is 0 Å². The van der Waals surface area contributed by atoms with Crippen LogP contribution in [0.2, 0.25) is 0 Å². The van der Waals surface area contributed by atoms with Gasteiger partial charge in [0.15, 0.2) is 5.82 Å². The molecule has 0 saturated heterocycles. The summed E-state index contributed by atoms with van der Waals surface area (Å²) in [5.74, 6) is -1.46. The average Bonchev–Trinajstić information content (AvgIpc) is 3.08. The Morgan fingerprint density at radius 2 is 1.76 bits per heavy atom. The number of carbonyl (C=O) groups excluding carboxylic acids is 3. The van der Waals surface area contributed by atoms with Gasteiger partial charge in [0.2, 0.25) is 5.91 Å². The highest BCUT2D eigenvalue weighted by Gasteiger charge is 2.19. The van der Waals surface area contributed by atoms with Crippen molar-refractivity contribution in [2.24, 2.45) is 0 Å². The summed E-state index contributed by atoms with van der Waals surface area (Å²) in [6.07, 6.45) is 1.33. The molecule has 0 aliphatic rings. The van der Waals surface area contributed by atoms with Gasteiger partial charge in [-0.1, -0.05) is 43.3 Å². The summed E-state index contributed by atoms with van der Waals surface area (Å²) in [7, 11) is 0. The van der Waals surface area contributed by atoms with Crippen molar-refractivity contribution in [3.8, 4) is 17.0 Å². The fourth-order valence-corrected chi connectivity index (χ4v) is 4.81. The monoisotopic (exact) mass is 682 g/mol. The minimum atomic E-state index is -0.851. The molecule has 4 rings (SSSR count). The number of nitrogens with one attached hydrogen (secondary N) is 5. The Bertz CT molecular complexity index is 1930. The standard InChI is InChI=1S/C36H42N8O6/c1-5-22(4)42-34(47)26-14-25(15-27(37)16-26)29-18-40-33(41-21(2)3)35(48)44(29)19-31(46)39-17-24-11-12-28(30(45)13-24)32(38)43-36(49)50-20-23-9-7-6-8-10-23/h6-16,18,21-22,45H,5,17,19-20,37H2,1-4H3,(H,39,46)(H,40,41)(H,42,47)(H2,38,43,49)/t22-/m0/s1. The molecule has 1 heterocycles. The van der Waals surface area contributed by atoms with Gasteiger partial charge in [0.05, 0.1) is 17.5 Å². The van der Waals surface area contributed by atoms with Crippen LogP contribution in [-0.4, -0.2) is 50.5 Å². The van der Waals surface area contributed by atoms with Crippen LogP contribution in [0.25, 0.3) is 11.3 Å². The lowest BCUT2D eigenvalue weighted by Crippen LogP contribution is -2.35. The van der Waals surface area contributed by atoms with Crippen molar-refractivity contribution in [2.45, 2.75) is 65.9 Å². The zero-order valence-corrected chi connectivity index (χ0v) is 28.4. The van der Waals surface area contributed by atoms with Crippen LogP contribution in [0.15, 0.2) is 77.7 Å². The Balaban J connectivity index is 1.48. The highest BCUT2D eigenvalue weighted by Crippen LogP contribution is 2.24. The maximum atomic E-state index is 13.6. The number of aromatic hydroxyl groups is 1. The molecule has 3 amide bonds. The molecule has 0 unspecified atom stereocenters. The molecule has 0 saturated carbocycles. The van der Waals surface area contributed by atoms with Crippen LogP contribution in [0, 0.1) is 5.41 Å². The fraction of sp³-hybridized carbons (Fsp3) is 0.278. The number of ether oxygens (including phenoxy) is 1. The first-order valence-electron chi connectivity index (χ1n) is 16.1. The Hall–Kier alpha value is -6.18. The maximum absolute atomic E-state index is 13.6. The predicted octanol–water partition coefficient (Wildman–Crippen LogP) is 4.11. The number of benzene rings is 3. The molecular formula is C36H42N8O6. The number of amides is 3. The number of aromatic nitrogens is 2. The van der Waals surface area contributed by atoms with Gasteiger partial charge in [-0.3, -0.25) is 29.7 Å². The number of hydrogen-bond acceptors (Lipinski definition) is 10. The first kappa shape index (κ1) is 36.7. The number of amidine groups is 1. The van der Waals surface area contributed by atoms with Crippen LogP contribution in [0.3, 0.4) is 0 Å². The minimum absolute atomic E-state index is 0.0168. The predicted molar refractivity (Wildman–Crippen MR) is 191 cm³/mol. The van der Waals surface area contributed by atoms with Crippen molar-refractivity contribution in [1.82, 2.24) is 25.5 Å². The SMILES string of the molecule is CC[C@H](C)NC(=O)c1cc(N)cc(-c2cnc(NC(C)C)c(=O)n2CC(=O)NCc2ccc(C(=N)NC(=O)OCc3ccccc3)c(O)c2)c1. The third-order valence-electron chi connectivity index (χ3n) is 7.55. The number of hydrogen-bond donors (Lipinski definition) is 7. The average molecular weight is 683 g/mol. The summed E-state index contributed by atoms with van der Waals surface area (Å²) in [6, 6.07) is 18.0. The molecule has 0 aliphatic heterocycles. The third-order valence-corrected chi connectivity index (χ3v) is 7.55. The van der Waals surface area contributed by atoms with E-state index in [2.05, 4.69) is 26.3 Å². The first-order chi connectivity index (χ1) is 23.8. The molecule has 14 heteroatoms. The van der Waals surface area contributed by atoms with E-state index in [1.807, 2.05) is 45.9 Å². The van der Waals surface area contributed by atoms with Crippen molar-refractivity contribution in [3.05, 3.63) is 106 Å². The van der Waals surface area contributed by atoms with Gasteiger partial charge in [-0.2, -0.15) is 0 Å². The summed E-state index contributed by atoms with van der Waals surface area (Å²) in [6.45, 7) is 7.14. The van der Waals surface area contributed by atoms with Gasteiger partial charge in [0.1, 0.15) is 24.7 Å². The van der Waals surface area contributed by atoms with Crippen LogP contribution < -0.4 is 32.6 Å².